The van der Waals surface area contributed by atoms with Gasteiger partial charge >= 0.3 is 0 Å². The summed E-state index contributed by atoms with van der Waals surface area (Å²) < 4.78 is 26.4. The number of halogens is 4. The van der Waals surface area contributed by atoms with Crippen molar-refractivity contribution in [1.29, 1.82) is 0 Å². The maximum atomic E-state index is 13.4. The number of benzene rings is 2. The maximum absolute atomic E-state index is 13.4. The van der Waals surface area contributed by atoms with Crippen molar-refractivity contribution in [2.45, 2.75) is 6.54 Å². The second-order valence-corrected chi connectivity index (χ2v) is 5.09. The normalized spacial score (nSPS) is 10.5. The first kappa shape index (κ1) is 15.5. The molecule has 1 amide bonds. The molecule has 3 N–H and O–H groups in total. The Morgan fingerprint density at radius 1 is 1.14 bits per heavy atom. The van der Waals surface area contributed by atoms with Crippen LogP contribution in [0.5, 0.6) is 0 Å². The monoisotopic (exact) mass is 330 g/mol. The summed E-state index contributed by atoms with van der Waals surface area (Å²) in [6.07, 6.45) is 0. The molecule has 0 aliphatic heterocycles. The van der Waals surface area contributed by atoms with Gasteiger partial charge in [0.25, 0.3) is 5.91 Å². The molecular weight excluding hydrogens is 321 g/mol. The highest BCUT2D eigenvalue weighted by Crippen LogP contribution is 2.28. The van der Waals surface area contributed by atoms with E-state index >= 15 is 0 Å². The molecule has 0 bridgehead atoms. The minimum Gasteiger partial charge on any atom is -0.396 e. The van der Waals surface area contributed by atoms with E-state index in [1.165, 1.54) is 12.1 Å². The highest BCUT2D eigenvalue weighted by atomic mass is 35.5. The summed E-state index contributed by atoms with van der Waals surface area (Å²) in [6, 6.07) is 5.70. The number of nitrogen functional groups attached to an aromatic ring is 1. The molecule has 2 aromatic rings. The fourth-order valence-electron chi connectivity index (χ4n) is 1.67. The summed E-state index contributed by atoms with van der Waals surface area (Å²) in [5.74, 6) is -1.72. The predicted molar refractivity (Wildman–Crippen MR) is 78.4 cm³/mol. The van der Waals surface area contributed by atoms with E-state index in [0.29, 0.717) is 0 Å². The highest BCUT2D eigenvalue weighted by molar-refractivity contribution is 6.39. The third kappa shape index (κ3) is 3.62. The Kier molecular flexibility index (Phi) is 4.65. The first-order chi connectivity index (χ1) is 9.88. The largest absolute Gasteiger partial charge is 0.396 e. The Morgan fingerprint density at radius 3 is 2.38 bits per heavy atom. The second-order valence-electron chi connectivity index (χ2n) is 4.27. The van der Waals surface area contributed by atoms with Crippen LogP contribution < -0.4 is 11.1 Å². The van der Waals surface area contributed by atoms with Crippen LogP contribution in [0.4, 0.5) is 14.5 Å². The van der Waals surface area contributed by atoms with E-state index in [4.69, 9.17) is 28.9 Å². The zero-order valence-corrected chi connectivity index (χ0v) is 12.1. The molecule has 0 aliphatic carbocycles. The summed E-state index contributed by atoms with van der Waals surface area (Å²) in [5.41, 5.74) is 5.95. The highest BCUT2D eigenvalue weighted by Gasteiger charge is 2.12. The van der Waals surface area contributed by atoms with Gasteiger partial charge in [0, 0.05) is 17.7 Å². The average molecular weight is 331 g/mol. The lowest BCUT2D eigenvalue weighted by atomic mass is 10.1. The van der Waals surface area contributed by atoms with Crippen molar-refractivity contribution in [3.63, 3.8) is 0 Å². The van der Waals surface area contributed by atoms with Crippen LogP contribution >= 0.6 is 23.2 Å². The van der Waals surface area contributed by atoms with Gasteiger partial charge in [-0.05, 0) is 30.3 Å². The standard InChI is InChI=1S/C14H10Cl2F2N2O/c15-10-4-7(5-11(16)13(10)19)14(21)20-6-8-3-9(17)1-2-12(8)18/h1-5H,6,19H2,(H,20,21). The number of carbonyl (C=O) groups excluding carboxylic acids is 1. The molecule has 0 atom stereocenters. The first-order valence-corrected chi connectivity index (χ1v) is 6.60. The molecule has 110 valence electrons. The van der Waals surface area contributed by atoms with E-state index in [1.807, 2.05) is 0 Å². The van der Waals surface area contributed by atoms with Crippen LogP contribution in [0.2, 0.25) is 10.0 Å². The van der Waals surface area contributed by atoms with Crippen molar-refractivity contribution < 1.29 is 13.6 Å². The van der Waals surface area contributed by atoms with Crippen LogP contribution in [0.15, 0.2) is 30.3 Å². The molecular formula is C14H10Cl2F2N2O. The molecule has 0 saturated carbocycles. The van der Waals surface area contributed by atoms with E-state index in [0.717, 1.165) is 18.2 Å². The first-order valence-electron chi connectivity index (χ1n) is 5.85. The number of amides is 1. The SMILES string of the molecule is Nc1c(Cl)cc(C(=O)NCc2cc(F)ccc2F)cc1Cl. The molecule has 0 aromatic heterocycles. The fourth-order valence-corrected chi connectivity index (χ4v) is 2.16. The van der Waals surface area contributed by atoms with E-state index in [1.54, 1.807) is 0 Å². The third-order valence-corrected chi connectivity index (χ3v) is 3.41. The van der Waals surface area contributed by atoms with Crippen molar-refractivity contribution in [3.8, 4) is 0 Å². The Labute approximate surface area is 129 Å². The molecule has 0 saturated heterocycles. The van der Waals surface area contributed by atoms with E-state index in [2.05, 4.69) is 5.32 Å². The number of nitrogens with one attached hydrogen (secondary N) is 1. The van der Waals surface area contributed by atoms with Crippen molar-refractivity contribution in [2.24, 2.45) is 0 Å². The zero-order valence-electron chi connectivity index (χ0n) is 10.6. The van der Waals surface area contributed by atoms with Crippen LogP contribution in [0.3, 0.4) is 0 Å². The molecule has 0 spiro atoms. The summed E-state index contributed by atoms with van der Waals surface area (Å²) in [5, 5.41) is 2.74. The molecule has 0 aliphatic rings. The number of anilines is 1. The summed E-state index contributed by atoms with van der Waals surface area (Å²) in [4.78, 5) is 11.9. The van der Waals surface area contributed by atoms with Gasteiger partial charge < -0.3 is 11.1 Å². The second kappa shape index (κ2) is 6.28. The van der Waals surface area contributed by atoms with Gasteiger partial charge in [0.1, 0.15) is 11.6 Å². The smallest absolute Gasteiger partial charge is 0.251 e. The van der Waals surface area contributed by atoms with Crippen LogP contribution in [0, 0.1) is 11.6 Å². The van der Waals surface area contributed by atoms with Gasteiger partial charge in [0.05, 0.1) is 15.7 Å². The molecule has 3 nitrogen and oxygen atoms in total. The van der Waals surface area contributed by atoms with E-state index in [-0.39, 0.29) is 33.4 Å². The fraction of sp³-hybridized carbons (Fsp3) is 0.0714. The van der Waals surface area contributed by atoms with Crippen molar-refractivity contribution in [1.82, 2.24) is 5.32 Å². The molecule has 7 heteroatoms. The van der Waals surface area contributed by atoms with Crippen LogP contribution in [-0.2, 0) is 6.54 Å². The number of carbonyl (C=O) groups is 1. The Bertz CT molecular complexity index is 684. The van der Waals surface area contributed by atoms with Gasteiger partial charge in [-0.3, -0.25) is 4.79 Å². The van der Waals surface area contributed by atoms with Gasteiger partial charge in [-0.25, -0.2) is 8.78 Å². The summed E-state index contributed by atoms with van der Waals surface area (Å²) in [6.45, 7) is -0.165. The van der Waals surface area contributed by atoms with Gasteiger partial charge in [-0.2, -0.15) is 0 Å². The molecule has 21 heavy (non-hydrogen) atoms. The summed E-state index contributed by atoms with van der Waals surface area (Å²) >= 11 is 11.7. The van der Waals surface area contributed by atoms with Crippen molar-refractivity contribution >= 4 is 34.8 Å². The lowest BCUT2D eigenvalue weighted by Gasteiger charge is -2.09. The quantitative estimate of drug-likeness (QED) is 0.841. The molecule has 0 unspecified atom stereocenters. The van der Waals surface area contributed by atoms with Crippen LogP contribution in [-0.4, -0.2) is 5.91 Å². The predicted octanol–water partition coefficient (Wildman–Crippen LogP) is 3.78. The van der Waals surface area contributed by atoms with E-state index < -0.39 is 17.5 Å². The lowest BCUT2D eigenvalue weighted by molar-refractivity contribution is 0.0950. The topological polar surface area (TPSA) is 55.1 Å². The zero-order chi connectivity index (χ0) is 15.6. The van der Waals surface area contributed by atoms with Crippen molar-refractivity contribution in [3.05, 3.63) is 63.1 Å². The number of nitrogens with two attached hydrogens (primary N) is 1. The van der Waals surface area contributed by atoms with Gasteiger partial charge in [-0.15, -0.1) is 0 Å². The van der Waals surface area contributed by atoms with Crippen molar-refractivity contribution in [2.75, 3.05) is 5.73 Å². The Hall–Kier alpha value is -1.85. The van der Waals surface area contributed by atoms with Gasteiger partial charge in [0.15, 0.2) is 0 Å². The van der Waals surface area contributed by atoms with Gasteiger partial charge in [0.2, 0.25) is 0 Å². The minimum atomic E-state index is -0.606. The molecule has 2 rings (SSSR count). The Balaban J connectivity index is 2.13. The molecule has 0 fully saturated rings. The molecule has 2 aromatic carbocycles. The number of rotatable bonds is 3. The van der Waals surface area contributed by atoms with Crippen LogP contribution in [0.1, 0.15) is 15.9 Å². The maximum Gasteiger partial charge on any atom is 0.251 e. The molecule has 0 heterocycles. The lowest BCUT2D eigenvalue weighted by Crippen LogP contribution is -2.23. The molecule has 0 radical (unpaired) electrons. The third-order valence-electron chi connectivity index (χ3n) is 2.79. The minimum absolute atomic E-state index is 0.0380. The number of hydrogen-bond acceptors (Lipinski definition) is 2. The number of hydrogen-bond donors (Lipinski definition) is 2. The van der Waals surface area contributed by atoms with E-state index in [9.17, 15) is 13.6 Å². The van der Waals surface area contributed by atoms with Crippen LogP contribution in [0.25, 0.3) is 0 Å². The Morgan fingerprint density at radius 2 is 1.76 bits per heavy atom. The summed E-state index contributed by atoms with van der Waals surface area (Å²) in [7, 11) is 0. The van der Waals surface area contributed by atoms with Gasteiger partial charge in [-0.1, -0.05) is 23.2 Å². The average Bonchev–Trinajstić information content (AvgIpc) is 2.44.